The van der Waals surface area contributed by atoms with Crippen LogP contribution in [0.5, 0.6) is 0 Å². The summed E-state index contributed by atoms with van der Waals surface area (Å²) >= 11 is 0. The van der Waals surface area contributed by atoms with Gasteiger partial charge in [0.25, 0.3) is 0 Å². The van der Waals surface area contributed by atoms with Crippen molar-refractivity contribution in [3.8, 4) is 0 Å². The lowest BCUT2D eigenvalue weighted by Crippen LogP contribution is -2.52. The highest BCUT2D eigenvalue weighted by Crippen LogP contribution is 2.21. The average molecular weight is 199 g/mol. The van der Waals surface area contributed by atoms with Crippen molar-refractivity contribution in [2.24, 2.45) is 0 Å². The smallest absolute Gasteiger partial charge is 0.0638 e. The van der Waals surface area contributed by atoms with Crippen LogP contribution in [0.1, 0.15) is 32.6 Å². The molecule has 13 heavy (non-hydrogen) atoms. The van der Waals surface area contributed by atoms with Crippen LogP contribution in [0.25, 0.3) is 0 Å². The summed E-state index contributed by atoms with van der Waals surface area (Å²) in [6, 6.07) is 0. The van der Waals surface area contributed by atoms with Crippen molar-refractivity contribution in [3.63, 3.8) is 0 Å². The lowest BCUT2D eigenvalue weighted by molar-refractivity contribution is 0.199. The summed E-state index contributed by atoms with van der Waals surface area (Å²) in [5.41, 5.74) is 0.924. The largest absolute Gasteiger partial charge is 0.303 e. The van der Waals surface area contributed by atoms with Gasteiger partial charge in [0.1, 0.15) is 0 Å². The van der Waals surface area contributed by atoms with Crippen LogP contribution in [0.4, 0.5) is 0 Å². The molecule has 1 rings (SSSR count). The van der Waals surface area contributed by atoms with Crippen molar-refractivity contribution < 1.29 is 0 Å². The van der Waals surface area contributed by atoms with Gasteiger partial charge in [0.2, 0.25) is 0 Å². The maximum Gasteiger partial charge on any atom is 0.0638 e. The highest BCUT2D eigenvalue weighted by Gasteiger charge is 2.30. The molecule has 1 nitrogen and oxygen atoms in total. The molecule has 78 valence electrons. The van der Waals surface area contributed by atoms with Crippen LogP contribution >= 0.6 is 0 Å². The minimum atomic E-state index is -0.948. The number of likely N-dealkylation sites (tertiary alicyclic amines) is 1. The molecular weight excluding hydrogens is 174 g/mol. The van der Waals surface area contributed by atoms with Gasteiger partial charge in [-0.25, -0.2) is 0 Å². The Balaban J connectivity index is 2.54. The third kappa shape index (κ3) is 3.10. The van der Waals surface area contributed by atoms with Gasteiger partial charge in [-0.15, -0.1) is 0 Å². The maximum absolute atomic E-state index is 2.76. The molecule has 0 aliphatic carbocycles. The zero-order valence-electron chi connectivity index (χ0n) is 9.77. The fraction of sp³-hybridized carbons (Fsp3) is 1.00. The topological polar surface area (TPSA) is 3.24 Å². The second kappa shape index (κ2) is 4.60. The second-order valence-electron chi connectivity index (χ2n) is 5.39. The van der Waals surface area contributed by atoms with Crippen molar-refractivity contribution in [3.05, 3.63) is 0 Å². The van der Waals surface area contributed by atoms with E-state index in [0.29, 0.717) is 0 Å². The van der Waals surface area contributed by atoms with E-state index in [2.05, 4.69) is 31.5 Å². The summed E-state index contributed by atoms with van der Waals surface area (Å²) in [4.78, 5) is 2.76. The van der Waals surface area contributed by atoms with Crippen molar-refractivity contribution in [1.29, 1.82) is 0 Å². The second-order valence-corrected chi connectivity index (χ2v) is 10.8. The van der Waals surface area contributed by atoms with Crippen LogP contribution in [0.15, 0.2) is 0 Å². The molecule has 2 heteroatoms. The Hall–Kier alpha value is 0.177. The van der Waals surface area contributed by atoms with Gasteiger partial charge in [0, 0.05) is 5.67 Å². The number of rotatable bonds is 3. The summed E-state index contributed by atoms with van der Waals surface area (Å²) in [6.45, 7) is 12.6. The van der Waals surface area contributed by atoms with E-state index in [1.165, 1.54) is 38.8 Å². The Morgan fingerprint density at radius 3 is 2.00 bits per heavy atom. The molecule has 1 unspecified atom stereocenters. The first kappa shape index (κ1) is 11.3. The summed E-state index contributed by atoms with van der Waals surface area (Å²) in [6.07, 6.45) is 5.68. The molecule has 1 aliphatic heterocycles. The molecular formula is C11H25NSi. The highest BCUT2D eigenvalue weighted by molar-refractivity contribution is 6.77. The van der Waals surface area contributed by atoms with Crippen LogP contribution in [0.3, 0.4) is 0 Å². The lowest BCUT2D eigenvalue weighted by atomic mass is 10.1. The Morgan fingerprint density at radius 2 is 1.62 bits per heavy atom. The number of hydrogen-bond acceptors (Lipinski definition) is 1. The normalized spacial score (nSPS) is 23.1. The van der Waals surface area contributed by atoms with Crippen molar-refractivity contribution in [2.45, 2.75) is 57.9 Å². The Morgan fingerprint density at radius 1 is 1.08 bits per heavy atom. The zero-order valence-corrected chi connectivity index (χ0v) is 10.8. The monoisotopic (exact) mass is 199 g/mol. The molecule has 0 saturated carbocycles. The summed E-state index contributed by atoms with van der Waals surface area (Å²) in [5, 5.41) is 0. The molecule has 0 aromatic rings. The highest BCUT2D eigenvalue weighted by atomic mass is 28.3. The van der Waals surface area contributed by atoms with Gasteiger partial charge in [-0.05, 0) is 32.4 Å². The lowest BCUT2D eigenvalue weighted by Gasteiger charge is -2.40. The Kier molecular flexibility index (Phi) is 3.99. The summed E-state index contributed by atoms with van der Waals surface area (Å²) in [5.74, 6) is 0. The standard InChI is InChI=1S/C11H25NSi/c1-5-11(13(2,3)4)12-9-7-6-8-10-12/h11H,5-10H2,1-4H3. The van der Waals surface area contributed by atoms with Crippen LogP contribution in [0.2, 0.25) is 19.6 Å². The van der Waals surface area contributed by atoms with Crippen LogP contribution in [-0.4, -0.2) is 31.7 Å². The predicted octanol–water partition coefficient (Wildman–Crippen LogP) is 3.13. The van der Waals surface area contributed by atoms with Crippen molar-refractivity contribution in [2.75, 3.05) is 13.1 Å². The molecule has 1 atom stereocenters. The first-order chi connectivity index (χ1) is 6.05. The van der Waals surface area contributed by atoms with Gasteiger partial charge in [0.15, 0.2) is 0 Å². The van der Waals surface area contributed by atoms with E-state index in [-0.39, 0.29) is 0 Å². The van der Waals surface area contributed by atoms with Gasteiger partial charge in [-0.2, -0.15) is 0 Å². The van der Waals surface area contributed by atoms with E-state index >= 15 is 0 Å². The van der Waals surface area contributed by atoms with E-state index in [1.54, 1.807) is 0 Å². The molecule has 1 heterocycles. The SMILES string of the molecule is CCC(N1CCCCC1)[Si](C)(C)C. The molecule has 1 saturated heterocycles. The maximum atomic E-state index is 2.76. The molecule has 0 amide bonds. The molecule has 0 radical (unpaired) electrons. The van der Waals surface area contributed by atoms with Gasteiger partial charge >= 0.3 is 0 Å². The number of nitrogens with zero attached hydrogens (tertiary/aromatic N) is 1. The third-order valence-corrected chi connectivity index (χ3v) is 5.99. The Bertz CT molecular complexity index is 145. The van der Waals surface area contributed by atoms with Gasteiger partial charge in [-0.1, -0.05) is 33.0 Å². The van der Waals surface area contributed by atoms with Crippen molar-refractivity contribution >= 4 is 8.07 Å². The van der Waals surface area contributed by atoms with E-state index < -0.39 is 8.07 Å². The minimum absolute atomic E-state index is 0.924. The zero-order chi connectivity index (χ0) is 9.90. The predicted molar refractivity (Wildman–Crippen MR) is 62.8 cm³/mol. The summed E-state index contributed by atoms with van der Waals surface area (Å²) < 4.78 is 0. The average Bonchev–Trinajstić information content (AvgIpc) is 2.05. The molecule has 1 fully saturated rings. The fourth-order valence-corrected chi connectivity index (χ4v) is 5.23. The van der Waals surface area contributed by atoms with Crippen LogP contribution in [0, 0.1) is 0 Å². The van der Waals surface area contributed by atoms with Gasteiger partial charge in [0.05, 0.1) is 8.07 Å². The van der Waals surface area contributed by atoms with E-state index in [4.69, 9.17) is 0 Å². The van der Waals surface area contributed by atoms with Crippen LogP contribution in [-0.2, 0) is 0 Å². The summed E-state index contributed by atoms with van der Waals surface area (Å²) in [7, 11) is -0.948. The first-order valence-electron chi connectivity index (χ1n) is 5.79. The molecule has 0 aromatic heterocycles. The minimum Gasteiger partial charge on any atom is -0.303 e. The fourth-order valence-electron chi connectivity index (χ4n) is 2.65. The van der Waals surface area contributed by atoms with E-state index in [0.717, 1.165) is 5.67 Å². The van der Waals surface area contributed by atoms with Gasteiger partial charge < -0.3 is 4.90 Å². The number of hydrogen-bond donors (Lipinski definition) is 0. The van der Waals surface area contributed by atoms with E-state index in [1.807, 2.05) is 0 Å². The van der Waals surface area contributed by atoms with E-state index in [9.17, 15) is 0 Å². The molecule has 0 bridgehead atoms. The third-order valence-electron chi connectivity index (χ3n) is 3.22. The Labute approximate surface area is 84.5 Å². The van der Waals surface area contributed by atoms with Crippen molar-refractivity contribution in [1.82, 2.24) is 4.90 Å². The molecule has 0 aromatic carbocycles. The quantitative estimate of drug-likeness (QED) is 0.631. The number of piperidine rings is 1. The molecule has 0 N–H and O–H groups in total. The first-order valence-corrected chi connectivity index (χ1v) is 9.37. The molecule has 0 spiro atoms. The molecule has 1 aliphatic rings. The van der Waals surface area contributed by atoms with Crippen LogP contribution < -0.4 is 0 Å². The van der Waals surface area contributed by atoms with Gasteiger partial charge in [-0.3, -0.25) is 0 Å².